The van der Waals surface area contributed by atoms with Gasteiger partial charge in [0.2, 0.25) is 0 Å². The van der Waals surface area contributed by atoms with Crippen molar-refractivity contribution in [3.63, 3.8) is 0 Å². The monoisotopic (exact) mass is 667 g/mol. The van der Waals surface area contributed by atoms with Crippen LogP contribution < -0.4 is 0 Å². The van der Waals surface area contributed by atoms with Crippen LogP contribution in [0.4, 0.5) is 5.69 Å². The van der Waals surface area contributed by atoms with Crippen molar-refractivity contribution in [3.8, 4) is 67.0 Å². The molecule has 238 valence electrons. The van der Waals surface area contributed by atoms with E-state index in [0.29, 0.717) is 5.69 Å². The molecule has 6 aromatic carbocycles. The van der Waals surface area contributed by atoms with Gasteiger partial charge in [-0.1, -0.05) is 133 Å². The lowest BCUT2D eigenvalue weighted by molar-refractivity contribution is 1.32. The molecular weight excluding hydrogens is 639 g/mol. The minimum absolute atomic E-state index is 0.648. The van der Waals surface area contributed by atoms with Crippen LogP contribution in [0.5, 0.6) is 0 Å². The molecule has 4 heteroatoms. The second kappa shape index (κ2) is 13.0. The summed E-state index contributed by atoms with van der Waals surface area (Å²) in [5, 5.41) is 2.48. The Labute approximate surface area is 300 Å². The second-order valence-electron chi connectivity index (χ2n) is 12.5. The molecule has 0 aliphatic carbocycles. The van der Waals surface area contributed by atoms with Gasteiger partial charge in [0.05, 0.1) is 18.0 Å². The summed E-state index contributed by atoms with van der Waals surface area (Å²) in [6, 6.07) is 57.0. The van der Waals surface area contributed by atoms with Crippen molar-refractivity contribution < 1.29 is 0 Å². The lowest BCUT2D eigenvalue weighted by atomic mass is 9.93. The van der Waals surface area contributed by atoms with E-state index < -0.39 is 0 Å². The summed E-state index contributed by atoms with van der Waals surface area (Å²) in [5.41, 5.74) is 13.7. The van der Waals surface area contributed by atoms with Crippen LogP contribution in [0.15, 0.2) is 176 Å². The predicted molar refractivity (Wildman–Crippen MR) is 214 cm³/mol. The number of hydrogen-bond donors (Lipinski definition) is 0. The van der Waals surface area contributed by atoms with Crippen molar-refractivity contribution in [2.24, 2.45) is 0 Å². The van der Waals surface area contributed by atoms with Gasteiger partial charge in [0, 0.05) is 54.8 Å². The van der Waals surface area contributed by atoms with Crippen LogP contribution in [0.25, 0.3) is 92.0 Å². The third-order valence-corrected chi connectivity index (χ3v) is 10.7. The minimum Gasteiger partial charge on any atom is -0.256 e. The lowest BCUT2D eigenvalue weighted by Gasteiger charge is -2.13. The molecule has 0 fully saturated rings. The number of thiophene rings is 1. The summed E-state index contributed by atoms with van der Waals surface area (Å²) >= 11 is 1.83. The zero-order valence-electron chi connectivity index (χ0n) is 27.5. The Morgan fingerprint density at radius 3 is 1.33 bits per heavy atom. The maximum absolute atomic E-state index is 7.38. The van der Waals surface area contributed by atoms with Gasteiger partial charge in [-0.15, -0.1) is 11.3 Å². The van der Waals surface area contributed by atoms with Crippen LogP contribution in [0.1, 0.15) is 0 Å². The zero-order valence-corrected chi connectivity index (χ0v) is 28.3. The quantitative estimate of drug-likeness (QED) is 0.165. The minimum atomic E-state index is 0.648. The topological polar surface area (TPSA) is 30.1 Å². The van der Waals surface area contributed by atoms with E-state index >= 15 is 0 Å². The molecule has 0 spiro atoms. The van der Waals surface area contributed by atoms with Crippen molar-refractivity contribution in [2.45, 2.75) is 0 Å². The summed E-state index contributed by atoms with van der Waals surface area (Å²) in [6.45, 7) is 7.38. The Kier molecular flexibility index (Phi) is 7.74. The Bertz CT molecular complexity index is 2610. The van der Waals surface area contributed by atoms with Gasteiger partial charge in [-0.05, 0) is 63.7 Å². The van der Waals surface area contributed by atoms with Gasteiger partial charge in [-0.25, -0.2) is 4.85 Å². The molecule has 0 bridgehead atoms. The molecule has 51 heavy (non-hydrogen) atoms. The van der Waals surface area contributed by atoms with E-state index in [-0.39, 0.29) is 0 Å². The fourth-order valence-electron chi connectivity index (χ4n) is 6.80. The molecule has 3 aromatic heterocycles. The summed E-state index contributed by atoms with van der Waals surface area (Å²) in [6.07, 6.45) is 3.96. The molecular formula is C47H29N3S. The fraction of sp³-hybridized carbons (Fsp3) is 0. The largest absolute Gasteiger partial charge is 0.256 e. The summed E-state index contributed by atoms with van der Waals surface area (Å²) in [7, 11) is 0. The molecule has 0 unspecified atom stereocenters. The molecule has 9 aromatic rings. The van der Waals surface area contributed by atoms with Crippen molar-refractivity contribution in [1.82, 2.24) is 9.97 Å². The molecule has 3 nitrogen and oxygen atoms in total. The van der Waals surface area contributed by atoms with E-state index in [1.165, 1.54) is 31.3 Å². The van der Waals surface area contributed by atoms with Gasteiger partial charge in [0.25, 0.3) is 0 Å². The van der Waals surface area contributed by atoms with Gasteiger partial charge in [0.15, 0.2) is 5.69 Å². The number of benzene rings is 6. The van der Waals surface area contributed by atoms with Gasteiger partial charge in [-0.3, -0.25) is 9.97 Å². The molecule has 3 heterocycles. The van der Waals surface area contributed by atoms with E-state index in [2.05, 4.69) is 120 Å². The molecule has 0 aliphatic heterocycles. The van der Waals surface area contributed by atoms with Crippen LogP contribution in [-0.2, 0) is 0 Å². The van der Waals surface area contributed by atoms with Crippen LogP contribution in [0.2, 0.25) is 0 Å². The highest BCUT2D eigenvalue weighted by atomic mass is 32.1. The van der Waals surface area contributed by atoms with Crippen molar-refractivity contribution in [2.75, 3.05) is 0 Å². The Morgan fingerprint density at radius 2 is 0.863 bits per heavy atom. The van der Waals surface area contributed by atoms with Crippen LogP contribution in [-0.4, -0.2) is 9.97 Å². The molecule has 0 N–H and O–H groups in total. The number of aromatic nitrogens is 2. The fourth-order valence-corrected chi connectivity index (χ4v) is 8.17. The first-order valence-electron chi connectivity index (χ1n) is 16.8. The average molecular weight is 668 g/mol. The normalized spacial score (nSPS) is 11.1. The average Bonchev–Trinajstić information content (AvgIpc) is 3.61. The third-order valence-electron chi connectivity index (χ3n) is 9.41. The Morgan fingerprint density at radius 1 is 0.392 bits per heavy atom. The molecule has 0 amide bonds. The van der Waals surface area contributed by atoms with Gasteiger partial charge >= 0.3 is 0 Å². The molecule has 0 atom stereocenters. The van der Waals surface area contributed by atoms with E-state index in [9.17, 15) is 0 Å². The maximum atomic E-state index is 7.38. The lowest BCUT2D eigenvalue weighted by Crippen LogP contribution is -1.90. The first-order chi connectivity index (χ1) is 25.2. The third kappa shape index (κ3) is 5.76. The first kappa shape index (κ1) is 30.4. The van der Waals surface area contributed by atoms with Gasteiger partial charge in [-0.2, -0.15) is 0 Å². The van der Waals surface area contributed by atoms with E-state index in [1.807, 2.05) is 72.3 Å². The number of nitrogens with zero attached hydrogens (tertiary/aromatic N) is 3. The highest BCUT2D eigenvalue weighted by molar-refractivity contribution is 7.26. The summed E-state index contributed by atoms with van der Waals surface area (Å²) in [4.78, 5) is 13.3. The molecule has 9 rings (SSSR count). The highest BCUT2D eigenvalue weighted by Crippen LogP contribution is 2.45. The van der Waals surface area contributed by atoms with E-state index in [4.69, 9.17) is 16.5 Å². The summed E-state index contributed by atoms with van der Waals surface area (Å²) < 4.78 is 2.49. The standard InChI is InChI=1S/C47H29N3S/c1-48-39-22-18-31(19-23-39)40-14-8-16-42-43-17-9-15-41(47(43)51-46(40)42)38-27-36(34-20-24-44(49-29-34)32-10-4-2-5-11-32)26-37(28-38)35-21-25-45(50-30-35)33-12-6-3-7-13-33/h2-30H. The second-order valence-corrected chi connectivity index (χ2v) is 13.5. The number of pyridine rings is 2. The van der Waals surface area contributed by atoms with Crippen molar-refractivity contribution in [3.05, 3.63) is 188 Å². The Balaban J connectivity index is 1.20. The van der Waals surface area contributed by atoms with Gasteiger partial charge in [0.1, 0.15) is 0 Å². The molecule has 0 saturated carbocycles. The highest BCUT2D eigenvalue weighted by Gasteiger charge is 2.16. The number of hydrogen-bond acceptors (Lipinski definition) is 3. The SMILES string of the molecule is [C-]#[N+]c1ccc(-c2cccc3c2sc2c(-c4cc(-c5ccc(-c6ccccc6)nc5)cc(-c5ccc(-c6ccccc6)nc5)c4)cccc23)cc1. The van der Waals surface area contributed by atoms with Crippen LogP contribution in [0, 0.1) is 6.57 Å². The molecule has 0 aliphatic rings. The van der Waals surface area contributed by atoms with Crippen molar-refractivity contribution >= 4 is 37.2 Å². The number of fused-ring (bicyclic) bond motifs is 3. The predicted octanol–water partition coefficient (Wildman–Crippen LogP) is 13.4. The Hall–Kier alpha value is -6.67. The van der Waals surface area contributed by atoms with Crippen molar-refractivity contribution in [1.29, 1.82) is 0 Å². The summed E-state index contributed by atoms with van der Waals surface area (Å²) in [5.74, 6) is 0. The van der Waals surface area contributed by atoms with Gasteiger partial charge < -0.3 is 0 Å². The maximum Gasteiger partial charge on any atom is 0.187 e. The molecule has 0 radical (unpaired) electrons. The zero-order chi connectivity index (χ0) is 34.1. The molecule has 0 saturated heterocycles. The van der Waals surface area contributed by atoms with Crippen LogP contribution in [0.3, 0.4) is 0 Å². The smallest absolute Gasteiger partial charge is 0.187 e. The van der Waals surface area contributed by atoms with Crippen LogP contribution >= 0.6 is 11.3 Å². The number of rotatable bonds is 6. The van der Waals surface area contributed by atoms with E-state index in [1.54, 1.807) is 0 Å². The first-order valence-corrected chi connectivity index (χ1v) is 17.6. The van der Waals surface area contributed by atoms with E-state index in [0.717, 1.165) is 55.9 Å².